The van der Waals surface area contributed by atoms with Gasteiger partial charge in [-0.3, -0.25) is 9.36 Å². The number of aromatic nitrogens is 4. The molecule has 1 fully saturated rings. The topological polar surface area (TPSA) is 84.8 Å². The number of H-pyrrole nitrogens is 1. The van der Waals surface area contributed by atoms with Crippen LogP contribution in [-0.2, 0) is 9.53 Å². The molecule has 2 aromatic carbocycles. The SMILES string of the molecule is O=C(CSc1nnc(-c2c[nH]c3ccccc23)n1-c1ccc(F)cc1)NCC1CCCO1. The van der Waals surface area contributed by atoms with Gasteiger partial charge in [-0.15, -0.1) is 10.2 Å². The average molecular weight is 452 g/mol. The van der Waals surface area contributed by atoms with E-state index in [-0.39, 0.29) is 23.6 Å². The molecule has 0 bridgehead atoms. The molecular formula is C23H22FN5O2S. The molecule has 0 saturated carbocycles. The van der Waals surface area contributed by atoms with Crippen molar-refractivity contribution >= 4 is 28.6 Å². The van der Waals surface area contributed by atoms with Gasteiger partial charge in [0, 0.05) is 41.5 Å². The Kier molecular flexibility index (Phi) is 5.91. The zero-order valence-corrected chi connectivity index (χ0v) is 18.1. The van der Waals surface area contributed by atoms with Crippen molar-refractivity contribution in [2.24, 2.45) is 0 Å². The van der Waals surface area contributed by atoms with Gasteiger partial charge in [-0.1, -0.05) is 30.0 Å². The van der Waals surface area contributed by atoms with E-state index in [2.05, 4.69) is 20.5 Å². The number of aromatic amines is 1. The van der Waals surface area contributed by atoms with Crippen molar-refractivity contribution in [2.45, 2.75) is 24.1 Å². The van der Waals surface area contributed by atoms with Gasteiger partial charge >= 0.3 is 0 Å². The summed E-state index contributed by atoms with van der Waals surface area (Å²) < 4.78 is 21.0. The third-order valence-electron chi connectivity index (χ3n) is 5.43. The molecule has 0 spiro atoms. The molecule has 2 aromatic heterocycles. The van der Waals surface area contributed by atoms with Gasteiger partial charge in [-0.05, 0) is 43.2 Å². The molecule has 2 N–H and O–H groups in total. The van der Waals surface area contributed by atoms with Crippen molar-refractivity contribution in [2.75, 3.05) is 18.9 Å². The molecule has 0 aliphatic carbocycles. The molecule has 9 heteroatoms. The lowest BCUT2D eigenvalue weighted by molar-refractivity contribution is -0.119. The fourth-order valence-electron chi connectivity index (χ4n) is 3.83. The van der Waals surface area contributed by atoms with Gasteiger partial charge in [-0.25, -0.2) is 4.39 Å². The first-order valence-corrected chi connectivity index (χ1v) is 11.5. The fraction of sp³-hybridized carbons (Fsp3) is 0.261. The van der Waals surface area contributed by atoms with Crippen LogP contribution in [0.25, 0.3) is 28.0 Å². The number of rotatable bonds is 7. The van der Waals surface area contributed by atoms with E-state index in [0.29, 0.717) is 17.5 Å². The summed E-state index contributed by atoms with van der Waals surface area (Å²) in [7, 11) is 0. The van der Waals surface area contributed by atoms with E-state index in [9.17, 15) is 9.18 Å². The van der Waals surface area contributed by atoms with Gasteiger partial charge < -0.3 is 15.0 Å². The highest BCUT2D eigenvalue weighted by Crippen LogP contribution is 2.32. The molecule has 164 valence electrons. The number of ether oxygens (including phenoxy) is 1. The highest BCUT2D eigenvalue weighted by atomic mass is 32.2. The molecule has 1 unspecified atom stereocenters. The first kappa shape index (κ1) is 20.7. The predicted molar refractivity (Wildman–Crippen MR) is 121 cm³/mol. The smallest absolute Gasteiger partial charge is 0.230 e. The third-order valence-corrected chi connectivity index (χ3v) is 6.36. The van der Waals surface area contributed by atoms with Gasteiger partial charge in [0.05, 0.1) is 11.9 Å². The molecule has 32 heavy (non-hydrogen) atoms. The monoisotopic (exact) mass is 451 g/mol. The van der Waals surface area contributed by atoms with Gasteiger partial charge in [0.1, 0.15) is 5.82 Å². The second-order valence-corrected chi connectivity index (χ2v) is 8.54. The first-order valence-electron chi connectivity index (χ1n) is 10.5. The number of carbonyl (C=O) groups excluding carboxylic acids is 1. The summed E-state index contributed by atoms with van der Waals surface area (Å²) in [5.74, 6) is 0.405. The van der Waals surface area contributed by atoms with Crippen LogP contribution in [0, 0.1) is 5.82 Å². The molecule has 1 amide bonds. The number of carbonyl (C=O) groups is 1. The molecule has 4 aromatic rings. The number of nitrogens with zero attached hydrogens (tertiary/aromatic N) is 3. The van der Waals surface area contributed by atoms with Gasteiger partial charge in [0.2, 0.25) is 5.91 Å². The molecule has 1 aliphatic rings. The Hall–Kier alpha value is -3.17. The molecule has 1 saturated heterocycles. The third kappa shape index (κ3) is 4.26. The first-order chi connectivity index (χ1) is 15.7. The Morgan fingerprint density at radius 3 is 2.88 bits per heavy atom. The zero-order valence-electron chi connectivity index (χ0n) is 17.3. The number of hydrogen-bond acceptors (Lipinski definition) is 5. The van der Waals surface area contributed by atoms with Crippen LogP contribution in [0.4, 0.5) is 4.39 Å². The molecular weight excluding hydrogens is 429 g/mol. The fourth-order valence-corrected chi connectivity index (χ4v) is 4.61. The van der Waals surface area contributed by atoms with Crippen LogP contribution in [-0.4, -0.2) is 50.7 Å². The molecule has 1 atom stereocenters. The van der Waals surface area contributed by atoms with E-state index >= 15 is 0 Å². The van der Waals surface area contributed by atoms with Crippen LogP contribution in [0.3, 0.4) is 0 Å². The summed E-state index contributed by atoms with van der Waals surface area (Å²) in [6, 6.07) is 14.1. The molecule has 0 radical (unpaired) electrons. The summed E-state index contributed by atoms with van der Waals surface area (Å²) in [6.45, 7) is 1.28. The van der Waals surface area contributed by atoms with E-state index in [4.69, 9.17) is 4.74 Å². The van der Waals surface area contributed by atoms with Crippen molar-refractivity contribution in [3.8, 4) is 17.1 Å². The highest BCUT2D eigenvalue weighted by molar-refractivity contribution is 7.99. The number of halogens is 1. The quantitative estimate of drug-likeness (QED) is 0.416. The summed E-state index contributed by atoms with van der Waals surface area (Å²) in [4.78, 5) is 15.6. The molecule has 3 heterocycles. The molecule has 1 aliphatic heterocycles. The van der Waals surface area contributed by atoms with Crippen molar-refractivity contribution in [3.05, 3.63) is 60.5 Å². The Labute approximate surface area is 188 Å². The van der Waals surface area contributed by atoms with Gasteiger partial charge in [0.25, 0.3) is 0 Å². The minimum atomic E-state index is -0.321. The van der Waals surface area contributed by atoms with Crippen LogP contribution < -0.4 is 5.32 Å². The number of hydrogen-bond donors (Lipinski definition) is 2. The van der Waals surface area contributed by atoms with E-state index in [1.165, 1.54) is 23.9 Å². The maximum absolute atomic E-state index is 13.6. The van der Waals surface area contributed by atoms with Gasteiger partial charge in [-0.2, -0.15) is 0 Å². The Morgan fingerprint density at radius 1 is 1.22 bits per heavy atom. The average Bonchev–Trinajstić information content (AvgIpc) is 3.56. The predicted octanol–water partition coefficient (Wildman–Crippen LogP) is 3.94. The number of nitrogens with one attached hydrogen (secondary N) is 2. The Morgan fingerprint density at radius 2 is 2.06 bits per heavy atom. The number of benzene rings is 2. The lowest BCUT2D eigenvalue weighted by atomic mass is 10.1. The maximum atomic E-state index is 13.6. The summed E-state index contributed by atoms with van der Waals surface area (Å²) in [6.07, 6.45) is 3.99. The van der Waals surface area contributed by atoms with Crippen molar-refractivity contribution < 1.29 is 13.9 Å². The Balaban J connectivity index is 1.42. The van der Waals surface area contributed by atoms with Crippen LogP contribution in [0.1, 0.15) is 12.8 Å². The molecule has 5 rings (SSSR count). The normalized spacial score (nSPS) is 16.0. The van der Waals surface area contributed by atoms with Crippen LogP contribution in [0.15, 0.2) is 59.9 Å². The number of fused-ring (bicyclic) bond motifs is 1. The second-order valence-electron chi connectivity index (χ2n) is 7.59. The van der Waals surface area contributed by atoms with E-state index in [1.807, 2.05) is 35.0 Å². The highest BCUT2D eigenvalue weighted by Gasteiger charge is 2.20. The van der Waals surface area contributed by atoms with Crippen molar-refractivity contribution in [3.63, 3.8) is 0 Å². The van der Waals surface area contributed by atoms with E-state index in [0.717, 1.165) is 41.6 Å². The van der Waals surface area contributed by atoms with Crippen LogP contribution in [0.2, 0.25) is 0 Å². The second kappa shape index (κ2) is 9.13. The summed E-state index contributed by atoms with van der Waals surface area (Å²) in [5, 5.41) is 13.3. The van der Waals surface area contributed by atoms with Crippen LogP contribution in [0.5, 0.6) is 0 Å². The van der Waals surface area contributed by atoms with Crippen LogP contribution >= 0.6 is 11.8 Å². The lowest BCUT2D eigenvalue weighted by Crippen LogP contribution is -2.32. The van der Waals surface area contributed by atoms with E-state index < -0.39 is 0 Å². The number of para-hydroxylation sites is 1. The Bertz CT molecular complexity index is 1230. The summed E-state index contributed by atoms with van der Waals surface area (Å²) >= 11 is 1.29. The van der Waals surface area contributed by atoms with Crippen molar-refractivity contribution in [1.82, 2.24) is 25.1 Å². The van der Waals surface area contributed by atoms with Gasteiger partial charge in [0.15, 0.2) is 11.0 Å². The lowest BCUT2D eigenvalue weighted by Gasteiger charge is -2.12. The van der Waals surface area contributed by atoms with Crippen molar-refractivity contribution in [1.29, 1.82) is 0 Å². The largest absolute Gasteiger partial charge is 0.376 e. The minimum Gasteiger partial charge on any atom is -0.376 e. The van der Waals surface area contributed by atoms with E-state index in [1.54, 1.807) is 12.1 Å². The minimum absolute atomic E-state index is 0.0900. The molecule has 7 nitrogen and oxygen atoms in total. The standard InChI is InChI=1S/C23H22FN5O2S/c24-15-7-9-16(10-8-15)29-22(19-13-25-20-6-2-1-5-18(19)20)27-28-23(29)32-14-21(30)26-12-17-4-3-11-31-17/h1-2,5-10,13,17,25H,3-4,11-12,14H2,(H,26,30). The number of thioether (sulfide) groups is 1. The maximum Gasteiger partial charge on any atom is 0.230 e. The summed E-state index contributed by atoms with van der Waals surface area (Å²) in [5.41, 5.74) is 2.59. The zero-order chi connectivity index (χ0) is 21.9. The number of amides is 1.